The largest absolute Gasteiger partial charge is 0.507 e. The second-order valence-electron chi connectivity index (χ2n) is 5.17. The lowest BCUT2D eigenvalue weighted by atomic mass is 10.1. The number of phenolic OH excluding ortho intramolecular Hbond substituents is 1. The fourth-order valence-corrected chi connectivity index (χ4v) is 2.28. The number of hydrogen-bond donors (Lipinski definition) is 1. The predicted octanol–water partition coefficient (Wildman–Crippen LogP) is 4.48. The molecule has 0 bridgehead atoms. The quantitative estimate of drug-likeness (QED) is 0.707. The third-order valence-corrected chi connectivity index (χ3v) is 3.44. The van der Waals surface area contributed by atoms with E-state index in [4.69, 9.17) is 4.74 Å². The van der Waals surface area contributed by atoms with Crippen LogP contribution in [0.3, 0.4) is 0 Å². The highest BCUT2D eigenvalue weighted by molar-refractivity contribution is 5.94. The SMILES string of the molecule is CCCOc1ccc(C=Nc2cccc3ncccc23)c(O)c1. The molecule has 1 N–H and O–H groups in total. The number of aromatic hydroxyl groups is 1. The average Bonchev–Trinajstić information content (AvgIpc) is 2.59. The van der Waals surface area contributed by atoms with Crippen molar-refractivity contribution < 1.29 is 9.84 Å². The number of fused-ring (bicyclic) bond motifs is 1. The summed E-state index contributed by atoms with van der Waals surface area (Å²) >= 11 is 0. The van der Waals surface area contributed by atoms with Gasteiger partial charge in [0.2, 0.25) is 0 Å². The minimum Gasteiger partial charge on any atom is -0.507 e. The molecule has 0 unspecified atom stereocenters. The fourth-order valence-electron chi connectivity index (χ4n) is 2.28. The molecule has 4 heteroatoms. The van der Waals surface area contributed by atoms with E-state index in [-0.39, 0.29) is 5.75 Å². The van der Waals surface area contributed by atoms with E-state index in [9.17, 15) is 5.11 Å². The van der Waals surface area contributed by atoms with Gasteiger partial charge >= 0.3 is 0 Å². The first-order valence-corrected chi connectivity index (χ1v) is 7.61. The molecule has 4 nitrogen and oxygen atoms in total. The highest BCUT2D eigenvalue weighted by Gasteiger charge is 2.03. The van der Waals surface area contributed by atoms with Crippen LogP contribution in [-0.2, 0) is 0 Å². The molecule has 0 radical (unpaired) electrons. The van der Waals surface area contributed by atoms with E-state index >= 15 is 0 Å². The standard InChI is InChI=1S/C19H18N2O2/c1-2-11-23-15-9-8-14(19(22)12-15)13-21-18-7-3-6-17-16(18)5-4-10-20-17/h3-10,12-13,22H,2,11H2,1H3. The van der Waals surface area contributed by atoms with Crippen LogP contribution in [0.15, 0.2) is 59.7 Å². The fraction of sp³-hybridized carbons (Fsp3) is 0.158. The number of hydrogen-bond acceptors (Lipinski definition) is 4. The van der Waals surface area contributed by atoms with E-state index < -0.39 is 0 Å². The number of rotatable bonds is 5. The first-order chi connectivity index (χ1) is 11.3. The molecule has 1 heterocycles. The van der Waals surface area contributed by atoms with Crippen LogP contribution >= 0.6 is 0 Å². The molecule has 2 aromatic carbocycles. The molecule has 0 aliphatic rings. The number of aliphatic imine (C=N–C) groups is 1. The van der Waals surface area contributed by atoms with Gasteiger partial charge in [0.1, 0.15) is 11.5 Å². The van der Waals surface area contributed by atoms with Crippen LogP contribution in [0.1, 0.15) is 18.9 Å². The lowest BCUT2D eigenvalue weighted by molar-refractivity contribution is 0.315. The first kappa shape index (κ1) is 15.0. The summed E-state index contributed by atoms with van der Waals surface area (Å²) in [6.07, 6.45) is 4.34. The monoisotopic (exact) mass is 306 g/mol. The average molecular weight is 306 g/mol. The number of ether oxygens (including phenoxy) is 1. The molecule has 0 aliphatic heterocycles. The Morgan fingerprint density at radius 2 is 2.09 bits per heavy atom. The second-order valence-corrected chi connectivity index (χ2v) is 5.17. The molecule has 23 heavy (non-hydrogen) atoms. The van der Waals surface area contributed by atoms with Crippen LogP contribution in [0.5, 0.6) is 11.5 Å². The number of aromatic nitrogens is 1. The van der Waals surface area contributed by atoms with E-state index in [1.54, 1.807) is 24.5 Å². The lowest BCUT2D eigenvalue weighted by Crippen LogP contribution is -1.95. The summed E-state index contributed by atoms with van der Waals surface area (Å²) in [7, 11) is 0. The Morgan fingerprint density at radius 3 is 2.91 bits per heavy atom. The Hall–Kier alpha value is -2.88. The smallest absolute Gasteiger partial charge is 0.128 e. The highest BCUT2D eigenvalue weighted by atomic mass is 16.5. The minimum atomic E-state index is 0.153. The van der Waals surface area contributed by atoms with E-state index in [1.165, 1.54) is 0 Å². The molecule has 116 valence electrons. The van der Waals surface area contributed by atoms with Gasteiger partial charge in [0, 0.05) is 29.4 Å². The number of nitrogens with zero attached hydrogens (tertiary/aromatic N) is 2. The van der Waals surface area contributed by atoms with Crippen molar-refractivity contribution >= 4 is 22.8 Å². The van der Waals surface area contributed by atoms with Gasteiger partial charge in [0.15, 0.2) is 0 Å². The Balaban J connectivity index is 1.87. The molecular weight excluding hydrogens is 288 g/mol. The van der Waals surface area contributed by atoms with Gasteiger partial charge in [-0.3, -0.25) is 9.98 Å². The van der Waals surface area contributed by atoms with Crippen LogP contribution in [0.4, 0.5) is 5.69 Å². The van der Waals surface area contributed by atoms with Gasteiger partial charge in [-0.2, -0.15) is 0 Å². The van der Waals surface area contributed by atoms with Crippen molar-refractivity contribution in [2.45, 2.75) is 13.3 Å². The predicted molar refractivity (Wildman–Crippen MR) is 92.9 cm³/mol. The van der Waals surface area contributed by atoms with Crippen molar-refractivity contribution in [1.29, 1.82) is 0 Å². The number of benzene rings is 2. The van der Waals surface area contributed by atoms with Gasteiger partial charge in [-0.1, -0.05) is 13.0 Å². The summed E-state index contributed by atoms with van der Waals surface area (Å²) < 4.78 is 5.50. The maximum atomic E-state index is 10.1. The summed E-state index contributed by atoms with van der Waals surface area (Å²) in [5.41, 5.74) is 2.37. The Labute approximate surface area is 135 Å². The zero-order chi connectivity index (χ0) is 16.1. The molecule has 3 rings (SSSR count). The summed E-state index contributed by atoms with van der Waals surface area (Å²) in [4.78, 5) is 8.81. The molecule has 0 spiro atoms. The summed E-state index contributed by atoms with van der Waals surface area (Å²) in [6.45, 7) is 2.68. The van der Waals surface area contributed by atoms with Crippen LogP contribution in [-0.4, -0.2) is 22.9 Å². The van der Waals surface area contributed by atoms with E-state index in [1.807, 2.05) is 43.3 Å². The zero-order valence-corrected chi connectivity index (χ0v) is 12.9. The van der Waals surface area contributed by atoms with Crippen molar-refractivity contribution in [3.63, 3.8) is 0 Å². The number of pyridine rings is 1. The Bertz CT molecular complexity index is 838. The first-order valence-electron chi connectivity index (χ1n) is 7.61. The molecule has 0 atom stereocenters. The topological polar surface area (TPSA) is 54.7 Å². The van der Waals surface area contributed by atoms with Gasteiger partial charge in [-0.05, 0) is 42.8 Å². The Morgan fingerprint density at radius 1 is 1.17 bits per heavy atom. The van der Waals surface area contributed by atoms with E-state index in [0.29, 0.717) is 17.9 Å². The maximum absolute atomic E-state index is 10.1. The van der Waals surface area contributed by atoms with Crippen LogP contribution in [0, 0.1) is 0 Å². The van der Waals surface area contributed by atoms with E-state index in [2.05, 4.69) is 9.98 Å². The van der Waals surface area contributed by atoms with E-state index in [0.717, 1.165) is 23.0 Å². The zero-order valence-electron chi connectivity index (χ0n) is 12.9. The number of phenols is 1. The lowest BCUT2D eigenvalue weighted by Gasteiger charge is -2.06. The molecule has 1 aromatic heterocycles. The van der Waals surface area contributed by atoms with Gasteiger partial charge in [-0.25, -0.2) is 0 Å². The van der Waals surface area contributed by atoms with Crippen molar-refractivity contribution in [1.82, 2.24) is 4.98 Å². The van der Waals surface area contributed by atoms with Crippen molar-refractivity contribution in [3.05, 3.63) is 60.3 Å². The van der Waals surface area contributed by atoms with Gasteiger partial charge in [0.25, 0.3) is 0 Å². The maximum Gasteiger partial charge on any atom is 0.128 e. The summed E-state index contributed by atoms with van der Waals surface area (Å²) in [5.74, 6) is 0.816. The van der Waals surface area contributed by atoms with Gasteiger partial charge in [0.05, 0.1) is 17.8 Å². The molecule has 3 aromatic rings. The molecule has 0 aliphatic carbocycles. The third-order valence-electron chi connectivity index (χ3n) is 3.44. The second kappa shape index (κ2) is 6.92. The van der Waals surface area contributed by atoms with Crippen LogP contribution in [0.2, 0.25) is 0 Å². The molecule has 0 saturated heterocycles. The summed E-state index contributed by atoms with van der Waals surface area (Å²) in [5, 5.41) is 11.1. The van der Waals surface area contributed by atoms with Crippen LogP contribution < -0.4 is 4.74 Å². The third kappa shape index (κ3) is 3.48. The van der Waals surface area contributed by atoms with Crippen molar-refractivity contribution in [2.75, 3.05) is 6.61 Å². The minimum absolute atomic E-state index is 0.153. The molecule has 0 saturated carbocycles. The van der Waals surface area contributed by atoms with Crippen molar-refractivity contribution in [3.8, 4) is 11.5 Å². The summed E-state index contributed by atoms with van der Waals surface area (Å²) in [6, 6.07) is 14.9. The molecular formula is C19H18N2O2. The van der Waals surface area contributed by atoms with Crippen molar-refractivity contribution in [2.24, 2.45) is 4.99 Å². The Kier molecular flexibility index (Phi) is 4.52. The molecule has 0 fully saturated rings. The normalized spacial score (nSPS) is 11.2. The van der Waals surface area contributed by atoms with Crippen LogP contribution in [0.25, 0.3) is 10.9 Å². The molecule has 0 amide bonds. The van der Waals surface area contributed by atoms with Gasteiger partial charge < -0.3 is 9.84 Å². The highest BCUT2D eigenvalue weighted by Crippen LogP contribution is 2.26. The van der Waals surface area contributed by atoms with Gasteiger partial charge in [-0.15, -0.1) is 0 Å².